The van der Waals surface area contributed by atoms with Crippen LogP contribution in [0, 0.1) is 0 Å². The maximum Gasteiger partial charge on any atom is 0.264 e. The van der Waals surface area contributed by atoms with Gasteiger partial charge in [0, 0.05) is 29.4 Å². The van der Waals surface area contributed by atoms with Gasteiger partial charge in [0.1, 0.15) is 11.4 Å². The van der Waals surface area contributed by atoms with Crippen molar-refractivity contribution in [2.24, 2.45) is 0 Å². The van der Waals surface area contributed by atoms with E-state index in [-0.39, 0.29) is 4.91 Å². The highest BCUT2D eigenvalue weighted by molar-refractivity contribution is 7.94. The monoisotopic (exact) mass is 472 g/mol. The third kappa shape index (κ3) is 3.83. The number of nitrogens with zero attached hydrogens (tertiary/aromatic N) is 1. The first-order valence-corrected chi connectivity index (χ1v) is 12.9. The van der Waals surface area contributed by atoms with Crippen LogP contribution in [0.25, 0.3) is 16.5 Å². The molecule has 1 aromatic heterocycles. The first-order chi connectivity index (χ1) is 16.5. The SMILES string of the molecule is C=C/C=C\C=C(/C)S(=O)(=O)n1c(C2=CC3(CCNCC3)Oc3ccccc32)cc2ccccc21. The second kappa shape index (κ2) is 8.78. The molecule has 34 heavy (non-hydrogen) atoms. The van der Waals surface area contributed by atoms with Crippen molar-refractivity contribution in [1.82, 2.24) is 9.29 Å². The Bertz CT molecular complexity index is 1450. The van der Waals surface area contributed by atoms with Crippen molar-refractivity contribution in [2.75, 3.05) is 13.1 Å². The second-order valence-electron chi connectivity index (χ2n) is 8.73. The maximum atomic E-state index is 13.9. The van der Waals surface area contributed by atoms with Crippen molar-refractivity contribution < 1.29 is 13.2 Å². The fraction of sp³-hybridized carbons (Fsp3) is 0.214. The standard InChI is InChI=1S/C28H28N2O3S/c1-3-4-5-10-21(2)34(31,32)30-25-13-8-6-11-22(25)19-26(30)24-20-28(15-17-29-18-16-28)33-27-14-9-7-12-23(24)27/h3-14,19-20,29H,1,15-18H2,2H3/b5-4-,21-10+. The minimum absolute atomic E-state index is 0.255. The summed E-state index contributed by atoms with van der Waals surface area (Å²) in [6, 6.07) is 17.5. The summed E-state index contributed by atoms with van der Waals surface area (Å²) in [5.41, 5.74) is 2.63. The number of allylic oxidation sites excluding steroid dienone is 5. The molecular formula is C28H28N2O3S. The predicted octanol–water partition coefficient (Wildman–Crippen LogP) is 5.41. The van der Waals surface area contributed by atoms with E-state index in [2.05, 4.69) is 18.0 Å². The van der Waals surface area contributed by atoms with Gasteiger partial charge in [-0.2, -0.15) is 0 Å². The van der Waals surface area contributed by atoms with Crippen molar-refractivity contribution in [2.45, 2.75) is 25.4 Å². The number of fused-ring (bicyclic) bond motifs is 2. The average Bonchev–Trinajstić information content (AvgIpc) is 3.24. The largest absolute Gasteiger partial charge is 0.482 e. The summed E-state index contributed by atoms with van der Waals surface area (Å²) in [6.45, 7) is 6.98. The number of piperidine rings is 1. The molecule has 1 N–H and O–H groups in total. The Hall–Kier alpha value is -3.35. The van der Waals surface area contributed by atoms with Crippen LogP contribution in [0.4, 0.5) is 0 Å². The number of benzene rings is 2. The lowest BCUT2D eigenvalue weighted by Crippen LogP contribution is -2.46. The first kappa shape index (κ1) is 22.4. The number of aromatic nitrogens is 1. The predicted molar refractivity (Wildman–Crippen MR) is 138 cm³/mol. The highest BCUT2D eigenvalue weighted by Gasteiger charge is 2.38. The molecule has 2 aliphatic heterocycles. The Labute approximate surface area is 200 Å². The third-order valence-corrected chi connectivity index (χ3v) is 8.34. The highest BCUT2D eigenvalue weighted by atomic mass is 32.2. The van der Waals surface area contributed by atoms with Crippen molar-refractivity contribution in [1.29, 1.82) is 0 Å². The number of hydrogen-bond acceptors (Lipinski definition) is 4. The first-order valence-electron chi connectivity index (χ1n) is 11.5. The molecule has 2 aliphatic rings. The van der Waals surface area contributed by atoms with E-state index < -0.39 is 15.6 Å². The van der Waals surface area contributed by atoms with E-state index >= 15 is 0 Å². The van der Waals surface area contributed by atoms with Gasteiger partial charge in [0.05, 0.1) is 16.1 Å². The van der Waals surface area contributed by atoms with Crippen LogP contribution in [0.5, 0.6) is 5.75 Å². The van der Waals surface area contributed by atoms with Gasteiger partial charge in [-0.1, -0.05) is 61.2 Å². The summed E-state index contributed by atoms with van der Waals surface area (Å²) in [5, 5.41) is 4.27. The van der Waals surface area contributed by atoms with Gasteiger partial charge in [-0.3, -0.25) is 0 Å². The van der Waals surface area contributed by atoms with E-state index in [0.29, 0.717) is 11.2 Å². The van der Waals surface area contributed by atoms with Crippen LogP contribution in [-0.4, -0.2) is 31.1 Å². The highest BCUT2D eigenvalue weighted by Crippen LogP contribution is 2.44. The van der Waals surface area contributed by atoms with Crippen LogP contribution in [0.3, 0.4) is 0 Å². The molecule has 2 aromatic carbocycles. The molecule has 1 spiro atoms. The minimum atomic E-state index is -3.83. The lowest BCUT2D eigenvalue weighted by atomic mass is 9.84. The van der Waals surface area contributed by atoms with Gasteiger partial charge in [0.2, 0.25) is 0 Å². The molecule has 0 atom stereocenters. The number of nitrogens with one attached hydrogen (secondary N) is 1. The van der Waals surface area contributed by atoms with Crippen LogP contribution < -0.4 is 10.1 Å². The molecule has 0 bridgehead atoms. The Balaban J connectivity index is 1.78. The van der Waals surface area contributed by atoms with Gasteiger partial charge in [-0.25, -0.2) is 12.4 Å². The van der Waals surface area contributed by atoms with E-state index in [1.165, 1.54) is 3.97 Å². The van der Waals surface area contributed by atoms with Gasteiger partial charge in [0.25, 0.3) is 10.0 Å². The minimum Gasteiger partial charge on any atom is -0.482 e. The molecule has 1 fully saturated rings. The lowest BCUT2D eigenvalue weighted by molar-refractivity contribution is 0.0816. The Kier molecular flexibility index (Phi) is 5.80. The lowest BCUT2D eigenvalue weighted by Gasteiger charge is -2.40. The van der Waals surface area contributed by atoms with E-state index in [1.807, 2.05) is 54.6 Å². The number of para-hydroxylation sites is 2. The summed E-state index contributed by atoms with van der Waals surface area (Å²) in [6.07, 6.45) is 10.4. The zero-order chi connectivity index (χ0) is 23.8. The molecule has 174 valence electrons. The zero-order valence-electron chi connectivity index (χ0n) is 19.2. The smallest absolute Gasteiger partial charge is 0.264 e. The third-order valence-electron chi connectivity index (χ3n) is 6.52. The molecule has 0 aliphatic carbocycles. The molecule has 6 heteroatoms. The molecule has 3 aromatic rings. The fourth-order valence-corrected chi connectivity index (χ4v) is 6.13. The van der Waals surface area contributed by atoms with Crippen LogP contribution in [0.1, 0.15) is 31.0 Å². The number of ether oxygens (including phenoxy) is 1. The van der Waals surface area contributed by atoms with Gasteiger partial charge in [-0.05, 0) is 50.4 Å². The topological polar surface area (TPSA) is 60.3 Å². The summed E-state index contributed by atoms with van der Waals surface area (Å²) in [4.78, 5) is 0.255. The van der Waals surface area contributed by atoms with Crippen molar-refractivity contribution in [3.8, 4) is 5.75 Å². The molecule has 0 radical (unpaired) electrons. The summed E-state index contributed by atoms with van der Waals surface area (Å²) in [7, 11) is -3.83. The normalized spacial score (nSPS) is 18.0. The zero-order valence-corrected chi connectivity index (χ0v) is 20.0. The van der Waals surface area contributed by atoms with Crippen LogP contribution in [0.15, 0.2) is 96.5 Å². The molecule has 3 heterocycles. The van der Waals surface area contributed by atoms with Crippen LogP contribution >= 0.6 is 0 Å². The fourth-order valence-electron chi connectivity index (χ4n) is 4.75. The van der Waals surface area contributed by atoms with Gasteiger partial charge < -0.3 is 10.1 Å². The summed E-state index contributed by atoms with van der Waals surface area (Å²) < 4.78 is 35.8. The van der Waals surface area contributed by atoms with E-state index in [0.717, 1.165) is 48.2 Å². The molecule has 0 saturated carbocycles. The van der Waals surface area contributed by atoms with Gasteiger partial charge in [0.15, 0.2) is 0 Å². The molecule has 0 unspecified atom stereocenters. The summed E-state index contributed by atoms with van der Waals surface area (Å²) >= 11 is 0. The Morgan fingerprint density at radius 1 is 1.09 bits per heavy atom. The molecule has 5 rings (SSSR count). The Morgan fingerprint density at radius 3 is 2.62 bits per heavy atom. The molecule has 5 nitrogen and oxygen atoms in total. The number of rotatable bonds is 5. The Morgan fingerprint density at radius 2 is 1.82 bits per heavy atom. The van der Waals surface area contributed by atoms with Gasteiger partial charge in [-0.15, -0.1) is 0 Å². The second-order valence-corrected chi connectivity index (χ2v) is 10.7. The van der Waals surface area contributed by atoms with Crippen LogP contribution in [0.2, 0.25) is 0 Å². The molecule has 0 amide bonds. The van der Waals surface area contributed by atoms with E-state index in [9.17, 15) is 8.42 Å². The molecule has 1 saturated heterocycles. The molecular weight excluding hydrogens is 444 g/mol. The van der Waals surface area contributed by atoms with E-state index in [4.69, 9.17) is 4.74 Å². The summed E-state index contributed by atoms with van der Waals surface area (Å²) in [5.74, 6) is 0.789. The quantitative estimate of drug-likeness (QED) is 0.505. The average molecular weight is 473 g/mol. The van der Waals surface area contributed by atoms with Crippen molar-refractivity contribution in [3.63, 3.8) is 0 Å². The van der Waals surface area contributed by atoms with Crippen LogP contribution in [-0.2, 0) is 10.0 Å². The van der Waals surface area contributed by atoms with Gasteiger partial charge >= 0.3 is 0 Å². The van der Waals surface area contributed by atoms with E-state index in [1.54, 1.807) is 31.2 Å². The maximum absolute atomic E-state index is 13.9. The van der Waals surface area contributed by atoms with Crippen molar-refractivity contribution in [3.05, 3.63) is 108 Å². The number of hydrogen-bond donors (Lipinski definition) is 1. The van der Waals surface area contributed by atoms with Crippen molar-refractivity contribution >= 4 is 26.5 Å².